The molecule has 33 heavy (non-hydrogen) atoms. The van der Waals surface area contributed by atoms with Crippen molar-refractivity contribution in [2.45, 2.75) is 46.3 Å². The zero-order chi connectivity index (χ0) is 23.6. The Bertz CT molecular complexity index is 1130. The molecule has 1 aliphatic heterocycles. The van der Waals surface area contributed by atoms with Crippen LogP contribution in [-0.2, 0) is 17.7 Å². The Kier molecular flexibility index (Phi) is 6.56. The van der Waals surface area contributed by atoms with Crippen molar-refractivity contribution >= 4 is 22.8 Å². The van der Waals surface area contributed by atoms with E-state index in [1.165, 1.54) is 5.56 Å². The number of aryl methyl sites for hydroxylation is 1. The van der Waals surface area contributed by atoms with E-state index in [0.29, 0.717) is 12.3 Å². The Morgan fingerprint density at radius 3 is 2.55 bits per heavy atom. The lowest BCUT2D eigenvalue weighted by atomic mass is 10.2. The monoisotopic (exact) mass is 451 g/mol. The lowest BCUT2D eigenvalue weighted by molar-refractivity contribution is 0.0536. The summed E-state index contributed by atoms with van der Waals surface area (Å²) in [5, 5.41) is 0.990. The number of piperazine rings is 1. The van der Waals surface area contributed by atoms with E-state index in [0.717, 1.165) is 55.0 Å². The molecule has 0 aliphatic carbocycles. The minimum atomic E-state index is -0.579. The second-order valence-corrected chi connectivity index (χ2v) is 9.36. The Hall–Kier alpha value is -3.13. The molecule has 1 aliphatic rings. The largest absolute Gasteiger partial charge is 0.497 e. The molecular formula is C25H33N5O3. The second kappa shape index (κ2) is 9.39. The van der Waals surface area contributed by atoms with Crippen molar-refractivity contribution in [1.82, 2.24) is 19.4 Å². The molecule has 8 nitrogen and oxygen atoms in total. The van der Waals surface area contributed by atoms with E-state index in [4.69, 9.17) is 9.47 Å². The second-order valence-electron chi connectivity index (χ2n) is 9.36. The highest BCUT2D eigenvalue weighted by Crippen LogP contribution is 2.27. The fourth-order valence-electron chi connectivity index (χ4n) is 4.24. The molecule has 0 N–H and O–H groups in total. The number of fused-ring (bicyclic) bond motifs is 1. The van der Waals surface area contributed by atoms with Crippen molar-refractivity contribution in [3.05, 3.63) is 48.0 Å². The first-order valence-electron chi connectivity index (χ1n) is 11.5. The molecule has 0 bridgehead atoms. The third-order valence-electron chi connectivity index (χ3n) is 5.87. The summed E-state index contributed by atoms with van der Waals surface area (Å²) in [5.41, 5.74) is 2.30. The molecule has 4 rings (SSSR count). The maximum atomic E-state index is 13.2. The fraction of sp³-hybridized carbons (Fsp3) is 0.480. The number of rotatable bonds is 5. The van der Waals surface area contributed by atoms with Crippen LogP contribution in [0.5, 0.6) is 5.75 Å². The molecule has 3 heterocycles. The highest BCUT2D eigenvalue weighted by molar-refractivity contribution is 5.91. The average Bonchev–Trinajstić information content (AvgIpc) is 3.15. The Labute approximate surface area is 195 Å². The first kappa shape index (κ1) is 23.0. The number of benzene rings is 1. The van der Waals surface area contributed by atoms with Crippen LogP contribution >= 0.6 is 0 Å². The maximum Gasteiger partial charge on any atom is 0.419 e. The number of nitrogens with zero attached hydrogens (tertiary/aromatic N) is 5. The smallest absolute Gasteiger partial charge is 0.419 e. The molecule has 0 amide bonds. The van der Waals surface area contributed by atoms with Crippen LogP contribution in [0.25, 0.3) is 10.9 Å². The molecule has 176 valence electrons. The molecule has 0 radical (unpaired) electrons. The van der Waals surface area contributed by atoms with Gasteiger partial charge in [-0.05, 0) is 45.4 Å². The summed E-state index contributed by atoms with van der Waals surface area (Å²) in [7, 11) is 1.63. The van der Waals surface area contributed by atoms with E-state index >= 15 is 0 Å². The quantitative estimate of drug-likeness (QED) is 0.578. The number of methoxy groups -OCH3 is 1. The molecule has 0 unspecified atom stereocenters. The summed E-state index contributed by atoms with van der Waals surface area (Å²) in [4.78, 5) is 26.5. The molecule has 3 aromatic rings. The maximum absolute atomic E-state index is 13.2. The van der Waals surface area contributed by atoms with Gasteiger partial charge in [0, 0.05) is 61.6 Å². The number of anilines is 1. The zero-order valence-electron chi connectivity index (χ0n) is 20.2. The van der Waals surface area contributed by atoms with E-state index in [1.54, 1.807) is 18.0 Å². The molecule has 0 spiro atoms. The van der Waals surface area contributed by atoms with Gasteiger partial charge in [-0.3, -0.25) is 4.90 Å². The van der Waals surface area contributed by atoms with Gasteiger partial charge in [0.25, 0.3) is 0 Å². The number of hydrogen-bond donors (Lipinski definition) is 0. The van der Waals surface area contributed by atoms with Crippen molar-refractivity contribution in [2.75, 3.05) is 38.2 Å². The molecule has 0 atom stereocenters. The standard InChI is InChI=1S/C25H33N5O3/c1-6-18-15-26-17-27-23(18)29-11-9-28(10-12-29)16-20-13-19-7-8-21(32-5)14-22(19)30(20)24(31)33-25(2,3)4/h7-8,13-15,17H,6,9-12,16H2,1-5H3. The number of aromatic nitrogens is 3. The highest BCUT2D eigenvalue weighted by Gasteiger charge is 2.25. The van der Waals surface area contributed by atoms with Gasteiger partial charge < -0.3 is 14.4 Å². The van der Waals surface area contributed by atoms with Gasteiger partial charge in [0.2, 0.25) is 0 Å². The van der Waals surface area contributed by atoms with Gasteiger partial charge in [-0.15, -0.1) is 0 Å². The van der Waals surface area contributed by atoms with Crippen LogP contribution < -0.4 is 9.64 Å². The third-order valence-corrected chi connectivity index (χ3v) is 5.87. The first-order chi connectivity index (χ1) is 15.8. The zero-order valence-corrected chi connectivity index (χ0v) is 20.2. The van der Waals surface area contributed by atoms with Gasteiger partial charge in [0.05, 0.1) is 12.6 Å². The van der Waals surface area contributed by atoms with Crippen LogP contribution in [0.2, 0.25) is 0 Å². The first-order valence-corrected chi connectivity index (χ1v) is 11.5. The molecule has 1 fully saturated rings. The normalized spacial score (nSPS) is 15.1. The number of hydrogen-bond acceptors (Lipinski definition) is 7. The Morgan fingerprint density at radius 1 is 1.12 bits per heavy atom. The van der Waals surface area contributed by atoms with E-state index in [-0.39, 0.29) is 6.09 Å². The van der Waals surface area contributed by atoms with Crippen molar-refractivity contribution in [3.8, 4) is 5.75 Å². The summed E-state index contributed by atoms with van der Waals surface area (Å²) in [6, 6.07) is 7.86. The molecule has 8 heteroatoms. The number of carbonyl (C=O) groups excluding carboxylic acids is 1. The minimum Gasteiger partial charge on any atom is -0.497 e. The molecule has 1 aromatic carbocycles. The van der Waals surface area contributed by atoms with Crippen molar-refractivity contribution < 1.29 is 14.3 Å². The van der Waals surface area contributed by atoms with E-state index in [1.807, 2.05) is 45.2 Å². The summed E-state index contributed by atoms with van der Waals surface area (Å²) in [5.74, 6) is 1.74. The van der Waals surface area contributed by atoms with Gasteiger partial charge in [-0.2, -0.15) is 0 Å². The van der Waals surface area contributed by atoms with Crippen molar-refractivity contribution in [2.24, 2.45) is 0 Å². The van der Waals surface area contributed by atoms with Crippen LogP contribution in [0.4, 0.5) is 10.6 Å². The van der Waals surface area contributed by atoms with Gasteiger partial charge >= 0.3 is 6.09 Å². The predicted octanol–water partition coefficient (Wildman–Crippen LogP) is 4.11. The summed E-state index contributed by atoms with van der Waals surface area (Å²) >= 11 is 0. The van der Waals surface area contributed by atoms with Crippen molar-refractivity contribution in [3.63, 3.8) is 0 Å². The molecule has 0 saturated carbocycles. The lowest BCUT2D eigenvalue weighted by Gasteiger charge is -2.36. The van der Waals surface area contributed by atoms with Gasteiger partial charge in [-0.1, -0.05) is 6.92 Å². The van der Waals surface area contributed by atoms with Crippen LogP contribution in [0.15, 0.2) is 36.8 Å². The fourth-order valence-corrected chi connectivity index (χ4v) is 4.24. The predicted molar refractivity (Wildman–Crippen MR) is 129 cm³/mol. The molecular weight excluding hydrogens is 418 g/mol. The number of ether oxygens (including phenoxy) is 2. The number of carbonyl (C=O) groups is 1. The molecule has 1 saturated heterocycles. The summed E-state index contributed by atoms with van der Waals surface area (Å²) in [6.45, 7) is 12.0. The highest BCUT2D eigenvalue weighted by atomic mass is 16.6. The molecule has 2 aromatic heterocycles. The summed E-state index contributed by atoms with van der Waals surface area (Å²) < 4.78 is 12.8. The van der Waals surface area contributed by atoms with Crippen LogP contribution in [0, 0.1) is 0 Å². The van der Waals surface area contributed by atoms with Crippen LogP contribution in [-0.4, -0.2) is 64.4 Å². The van der Waals surface area contributed by atoms with E-state index in [2.05, 4.69) is 32.8 Å². The summed E-state index contributed by atoms with van der Waals surface area (Å²) in [6.07, 6.45) is 4.07. The Morgan fingerprint density at radius 2 is 1.88 bits per heavy atom. The van der Waals surface area contributed by atoms with Gasteiger partial charge in [-0.25, -0.2) is 19.3 Å². The van der Waals surface area contributed by atoms with Crippen LogP contribution in [0.3, 0.4) is 0 Å². The van der Waals surface area contributed by atoms with E-state index in [9.17, 15) is 4.79 Å². The van der Waals surface area contributed by atoms with Gasteiger partial charge in [0.15, 0.2) is 0 Å². The lowest BCUT2D eigenvalue weighted by Crippen LogP contribution is -2.47. The topological polar surface area (TPSA) is 72.7 Å². The average molecular weight is 452 g/mol. The van der Waals surface area contributed by atoms with Crippen molar-refractivity contribution in [1.29, 1.82) is 0 Å². The van der Waals surface area contributed by atoms with E-state index < -0.39 is 5.60 Å². The van der Waals surface area contributed by atoms with Gasteiger partial charge in [0.1, 0.15) is 23.5 Å². The minimum absolute atomic E-state index is 0.368. The SMILES string of the molecule is CCc1cncnc1N1CCN(Cc2cc3ccc(OC)cc3n2C(=O)OC(C)(C)C)CC1. The Balaban J connectivity index is 1.56. The van der Waals surface area contributed by atoms with Crippen LogP contribution in [0.1, 0.15) is 39.0 Å². The third kappa shape index (κ3) is 5.11.